The van der Waals surface area contributed by atoms with Gasteiger partial charge in [-0.15, -0.1) is 0 Å². The number of carbonyl (C=O) groups excluding carboxylic acids is 1. The fourth-order valence-electron chi connectivity index (χ4n) is 3.28. The molecule has 0 saturated carbocycles. The van der Waals surface area contributed by atoms with Crippen molar-refractivity contribution in [3.8, 4) is 0 Å². The number of rotatable bonds is 8. The number of Topliss-reactive ketones (excluding diaryl/α,β-unsaturated/α-hetero) is 1. The van der Waals surface area contributed by atoms with E-state index < -0.39 is 0 Å². The molecular weight excluding hydrogens is 312 g/mol. The van der Waals surface area contributed by atoms with Gasteiger partial charge in [0, 0.05) is 24.7 Å². The van der Waals surface area contributed by atoms with Crippen molar-refractivity contribution in [2.24, 2.45) is 0 Å². The summed E-state index contributed by atoms with van der Waals surface area (Å²) in [7, 11) is 0. The number of ether oxygens (including phenoxy) is 2. The third kappa shape index (κ3) is 5.25. The Balaban J connectivity index is 1.60. The number of hydrogen-bond acceptors (Lipinski definition) is 3. The fourth-order valence-corrected chi connectivity index (χ4v) is 3.28. The van der Waals surface area contributed by atoms with E-state index in [1.807, 2.05) is 60.7 Å². The Morgan fingerprint density at radius 3 is 2.44 bits per heavy atom. The first-order chi connectivity index (χ1) is 12.3. The van der Waals surface area contributed by atoms with Crippen molar-refractivity contribution >= 4 is 5.78 Å². The van der Waals surface area contributed by atoms with Crippen LogP contribution in [0.2, 0.25) is 0 Å². The second kappa shape index (κ2) is 9.50. The van der Waals surface area contributed by atoms with Crippen molar-refractivity contribution < 1.29 is 14.3 Å². The molecule has 1 aliphatic heterocycles. The van der Waals surface area contributed by atoms with Gasteiger partial charge in [0.05, 0.1) is 0 Å². The van der Waals surface area contributed by atoms with Crippen molar-refractivity contribution in [1.82, 2.24) is 0 Å². The van der Waals surface area contributed by atoms with E-state index in [0.717, 1.165) is 43.4 Å². The third-order valence-corrected chi connectivity index (χ3v) is 4.66. The van der Waals surface area contributed by atoms with Crippen LogP contribution in [0.4, 0.5) is 0 Å². The van der Waals surface area contributed by atoms with Crippen LogP contribution >= 0.6 is 0 Å². The molecule has 3 heteroatoms. The summed E-state index contributed by atoms with van der Waals surface area (Å²) >= 11 is 0. The maximum atomic E-state index is 13.0. The Labute approximate surface area is 150 Å². The average Bonchev–Trinajstić information content (AvgIpc) is 2.70. The largest absolute Gasteiger partial charge is 0.353 e. The minimum Gasteiger partial charge on any atom is -0.353 e. The van der Waals surface area contributed by atoms with Crippen molar-refractivity contribution in [2.45, 2.75) is 44.3 Å². The van der Waals surface area contributed by atoms with Crippen LogP contribution in [0.25, 0.3) is 0 Å². The van der Waals surface area contributed by atoms with Gasteiger partial charge in [-0.3, -0.25) is 4.79 Å². The molecule has 3 nitrogen and oxygen atoms in total. The molecule has 3 rings (SSSR count). The quantitative estimate of drug-likeness (QED) is 0.503. The van der Waals surface area contributed by atoms with Crippen LogP contribution in [0.3, 0.4) is 0 Å². The molecule has 25 heavy (non-hydrogen) atoms. The summed E-state index contributed by atoms with van der Waals surface area (Å²) < 4.78 is 11.4. The summed E-state index contributed by atoms with van der Waals surface area (Å²) in [5.41, 5.74) is 1.85. The van der Waals surface area contributed by atoms with Gasteiger partial charge in [0.2, 0.25) is 0 Å². The molecule has 0 bridgehead atoms. The van der Waals surface area contributed by atoms with Crippen LogP contribution < -0.4 is 0 Å². The molecule has 1 heterocycles. The van der Waals surface area contributed by atoms with E-state index in [4.69, 9.17) is 9.47 Å². The van der Waals surface area contributed by atoms with Crippen molar-refractivity contribution in [2.75, 3.05) is 13.2 Å². The zero-order valence-corrected chi connectivity index (χ0v) is 14.6. The predicted octanol–water partition coefficient (Wildman–Crippen LogP) is 4.98. The molecule has 0 N–H and O–H groups in total. The number of hydrogen-bond donors (Lipinski definition) is 0. The molecule has 0 spiro atoms. The Hall–Kier alpha value is -1.97. The lowest BCUT2D eigenvalue weighted by atomic mass is 9.87. The van der Waals surface area contributed by atoms with Crippen LogP contribution in [0, 0.1) is 0 Å². The number of benzene rings is 2. The average molecular weight is 338 g/mol. The van der Waals surface area contributed by atoms with Gasteiger partial charge in [-0.2, -0.15) is 0 Å². The molecule has 0 amide bonds. The van der Waals surface area contributed by atoms with Crippen molar-refractivity contribution in [1.29, 1.82) is 0 Å². The number of ketones is 1. The third-order valence-electron chi connectivity index (χ3n) is 4.66. The minimum absolute atomic E-state index is 0.0613. The molecule has 0 aliphatic carbocycles. The lowest BCUT2D eigenvalue weighted by molar-refractivity contribution is -0.162. The normalized spacial score (nSPS) is 18.6. The first-order valence-electron chi connectivity index (χ1n) is 9.22. The second-order valence-electron chi connectivity index (χ2n) is 6.50. The van der Waals surface area contributed by atoms with Gasteiger partial charge in [-0.05, 0) is 37.7 Å². The molecule has 2 aromatic carbocycles. The van der Waals surface area contributed by atoms with Gasteiger partial charge in [0.15, 0.2) is 12.1 Å². The lowest BCUT2D eigenvalue weighted by Gasteiger charge is -2.23. The summed E-state index contributed by atoms with van der Waals surface area (Å²) in [6.07, 6.45) is 4.84. The summed E-state index contributed by atoms with van der Waals surface area (Å²) in [4.78, 5) is 13.0. The van der Waals surface area contributed by atoms with E-state index in [2.05, 4.69) is 0 Å². The van der Waals surface area contributed by atoms with Crippen LogP contribution in [-0.2, 0) is 9.47 Å². The van der Waals surface area contributed by atoms with Crippen LogP contribution in [0.15, 0.2) is 60.7 Å². The highest BCUT2D eigenvalue weighted by Crippen LogP contribution is 2.26. The molecule has 2 aromatic rings. The Morgan fingerprint density at radius 2 is 1.76 bits per heavy atom. The lowest BCUT2D eigenvalue weighted by Crippen LogP contribution is -2.23. The van der Waals surface area contributed by atoms with E-state index in [1.54, 1.807) is 0 Å². The smallest absolute Gasteiger partial charge is 0.170 e. The van der Waals surface area contributed by atoms with E-state index in [9.17, 15) is 4.79 Å². The van der Waals surface area contributed by atoms with E-state index >= 15 is 0 Å². The molecule has 0 radical (unpaired) electrons. The van der Waals surface area contributed by atoms with Gasteiger partial charge in [0.1, 0.15) is 0 Å². The summed E-state index contributed by atoms with van der Waals surface area (Å²) in [5.74, 6) is 0.0557. The molecule has 132 valence electrons. The molecule has 0 aromatic heterocycles. The summed E-state index contributed by atoms with van der Waals surface area (Å²) in [6, 6.07) is 19.6. The summed E-state index contributed by atoms with van der Waals surface area (Å²) in [5, 5.41) is 0. The van der Waals surface area contributed by atoms with E-state index in [1.165, 1.54) is 6.42 Å². The topological polar surface area (TPSA) is 35.5 Å². The highest BCUT2D eigenvalue weighted by atomic mass is 16.7. The highest BCUT2D eigenvalue weighted by Gasteiger charge is 2.22. The molecule has 1 aliphatic rings. The Morgan fingerprint density at radius 1 is 1.04 bits per heavy atom. The Bertz CT molecular complexity index is 633. The van der Waals surface area contributed by atoms with E-state index in [-0.39, 0.29) is 18.0 Å². The number of carbonyl (C=O) groups is 1. The van der Waals surface area contributed by atoms with Gasteiger partial charge in [-0.25, -0.2) is 0 Å². The van der Waals surface area contributed by atoms with Gasteiger partial charge < -0.3 is 9.47 Å². The van der Waals surface area contributed by atoms with Gasteiger partial charge in [-0.1, -0.05) is 60.7 Å². The molecular formula is C22H26O3. The SMILES string of the molecule is O=C(c1ccccc1)C(CCCOC1CCCCO1)c1ccccc1. The second-order valence-corrected chi connectivity index (χ2v) is 6.50. The standard InChI is InChI=1S/C22H26O3/c23-22(19-12-5-2-6-13-19)20(18-10-3-1-4-11-18)14-9-17-25-21-15-7-8-16-24-21/h1-6,10-13,20-21H,7-9,14-17H2. The molecule has 2 unspecified atom stereocenters. The van der Waals surface area contributed by atoms with Crippen LogP contribution in [0.1, 0.15) is 53.9 Å². The van der Waals surface area contributed by atoms with E-state index in [0.29, 0.717) is 6.61 Å². The maximum Gasteiger partial charge on any atom is 0.170 e. The molecule has 1 fully saturated rings. The zero-order valence-electron chi connectivity index (χ0n) is 14.6. The zero-order chi connectivity index (χ0) is 17.3. The fraction of sp³-hybridized carbons (Fsp3) is 0.409. The first-order valence-corrected chi connectivity index (χ1v) is 9.22. The minimum atomic E-state index is -0.125. The van der Waals surface area contributed by atoms with Crippen LogP contribution in [0.5, 0.6) is 0 Å². The predicted molar refractivity (Wildman–Crippen MR) is 98.7 cm³/mol. The highest BCUT2D eigenvalue weighted by molar-refractivity contribution is 6.00. The monoisotopic (exact) mass is 338 g/mol. The Kier molecular flexibility index (Phi) is 6.78. The van der Waals surface area contributed by atoms with Gasteiger partial charge in [0.25, 0.3) is 0 Å². The maximum absolute atomic E-state index is 13.0. The van der Waals surface area contributed by atoms with Crippen molar-refractivity contribution in [3.05, 3.63) is 71.8 Å². The van der Waals surface area contributed by atoms with Crippen LogP contribution in [-0.4, -0.2) is 25.3 Å². The summed E-state index contributed by atoms with van der Waals surface area (Å²) in [6.45, 7) is 1.43. The van der Waals surface area contributed by atoms with Gasteiger partial charge >= 0.3 is 0 Å². The molecule has 1 saturated heterocycles. The first kappa shape index (κ1) is 17.8. The van der Waals surface area contributed by atoms with Crippen molar-refractivity contribution in [3.63, 3.8) is 0 Å². The molecule has 2 atom stereocenters.